The van der Waals surface area contributed by atoms with Crippen LogP contribution in [0, 0.1) is 5.92 Å². The zero-order valence-electron chi connectivity index (χ0n) is 17.8. The molecule has 2 saturated heterocycles. The van der Waals surface area contributed by atoms with E-state index in [4.69, 9.17) is 0 Å². The molecule has 0 spiro atoms. The molecule has 0 radical (unpaired) electrons. The van der Waals surface area contributed by atoms with Gasteiger partial charge in [0, 0.05) is 25.0 Å². The van der Waals surface area contributed by atoms with Crippen molar-refractivity contribution in [1.82, 2.24) is 20.4 Å². The van der Waals surface area contributed by atoms with Crippen LogP contribution in [0.3, 0.4) is 0 Å². The minimum absolute atomic E-state index is 0.0683. The number of amides is 4. The SMILES string of the molecule is CN(Cc1cccc2c1C(=O)N(C1CCC(=O)NC1=O)C2=O)C12CCCC(CNC1)C2. The fraction of sp³-hybridized carbons (Fsp3) is 0.565. The van der Waals surface area contributed by atoms with Crippen molar-refractivity contribution in [3.63, 3.8) is 0 Å². The van der Waals surface area contributed by atoms with E-state index < -0.39 is 23.8 Å². The minimum Gasteiger partial charge on any atom is -0.315 e. The lowest BCUT2D eigenvalue weighted by Crippen LogP contribution is -2.60. The van der Waals surface area contributed by atoms with Gasteiger partial charge in [-0.15, -0.1) is 0 Å². The van der Waals surface area contributed by atoms with E-state index >= 15 is 0 Å². The van der Waals surface area contributed by atoms with E-state index in [0.29, 0.717) is 23.6 Å². The predicted octanol–water partition coefficient (Wildman–Crippen LogP) is 1.05. The molecule has 1 aromatic rings. The van der Waals surface area contributed by atoms with Gasteiger partial charge in [-0.25, -0.2) is 0 Å². The highest BCUT2D eigenvalue weighted by atomic mass is 16.2. The minimum atomic E-state index is -0.934. The van der Waals surface area contributed by atoms with Crippen molar-refractivity contribution >= 4 is 23.6 Å². The number of carbonyl (C=O) groups is 4. The molecule has 8 nitrogen and oxygen atoms in total. The Morgan fingerprint density at radius 2 is 2.00 bits per heavy atom. The van der Waals surface area contributed by atoms with Crippen LogP contribution in [0.4, 0.5) is 0 Å². The number of piperidine rings is 2. The average Bonchev–Trinajstić information content (AvgIpc) is 2.99. The highest BCUT2D eigenvalue weighted by molar-refractivity contribution is 6.24. The van der Waals surface area contributed by atoms with Crippen molar-refractivity contribution in [2.24, 2.45) is 5.92 Å². The second-order valence-electron chi connectivity index (χ2n) is 9.46. The van der Waals surface area contributed by atoms with E-state index in [0.717, 1.165) is 36.4 Å². The number of hydrogen-bond donors (Lipinski definition) is 2. The molecule has 3 atom stereocenters. The Morgan fingerprint density at radius 3 is 2.81 bits per heavy atom. The molecule has 2 N–H and O–H groups in total. The van der Waals surface area contributed by atoms with Gasteiger partial charge in [-0.2, -0.15) is 0 Å². The number of nitrogens with one attached hydrogen (secondary N) is 2. The van der Waals surface area contributed by atoms with E-state index in [1.165, 1.54) is 12.8 Å². The molecule has 4 amide bonds. The second kappa shape index (κ2) is 7.53. The third-order valence-electron chi connectivity index (χ3n) is 7.58. The molecule has 4 aliphatic rings. The fourth-order valence-corrected chi connectivity index (χ4v) is 5.93. The molecule has 2 bridgehead atoms. The van der Waals surface area contributed by atoms with Crippen molar-refractivity contribution < 1.29 is 19.2 Å². The topological polar surface area (TPSA) is 98.8 Å². The zero-order valence-corrected chi connectivity index (χ0v) is 17.8. The Kier molecular flexibility index (Phi) is 4.94. The Balaban J connectivity index is 1.42. The lowest BCUT2D eigenvalue weighted by Gasteiger charge is -2.51. The maximum absolute atomic E-state index is 13.3. The molecule has 1 aromatic carbocycles. The first kappa shape index (κ1) is 20.3. The average molecular weight is 425 g/mol. The third-order valence-corrected chi connectivity index (χ3v) is 7.58. The summed E-state index contributed by atoms with van der Waals surface area (Å²) in [4.78, 5) is 53.6. The van der Waals surface area contributed by atoms with Crippen LogP contribution in [0.1, 0.15) is 64.8 Å². The number of carbonyl (C=O) groups excluding carboxylic acids is 4. The van der Waals surface area contributed by atoms with Gasteiger partial charge in [0.05, 0.1) is 11.1 Å². The normalized spacial score (nSPS) is 30.6. The number of nitrogens with zero attached hydrogens (tertiary/aromatic N) is 2. The van der Waals surface area contributed by atoms with E-state index in [1.54, 1.807) is 6.07 Å². The largest absolute Gasteiger partial charge is 0.315 e. The molecule has 164 valence electrons. The van der Waals surface area contributed by atoms with Crippen molar-refractivity contribution in [2.45, 2.75) is 56.7 Å². The van der Waals surface area contributed by atoms with Crippen molar-refractivity contribution in [2.75, 3.05) is 20.1 Å². The quantitative estimate of drug-likeness (QED) is 0.701. The maximum Gasteiger partial charge on any atom is 0.262 e. The van der Waals surface area contributed by atoms with Crippen LogP contribution in [0.5, 0.6) is 0 Å². The molecule has 8 heteroatoms. The van der Waals surface area contributed by atoms with E-state index in [9.17, 15) is 19.2 Å². The van der Waals surface area contributed by atoms with Crippen LogP contribution in [0.15, 0.2) is 18.2 Å². The van der Waals surface area contributed by atoms with Gasteiger partial charge in [0.1, 0.15) is 6.04 Å². The van der Waals surface area contributed by atoms with Crippen LogP contribution >= 0.6 is 0 Å². The van der Waals surface area contributed by atoms with Crippen LogP contribution < -0.4 is 10.6 Å². The summed E-state index contributed by atoms with van der Waals surface area (Å²) in [6.07, 6.45) is 5.04. The first-order valence-electron chi connectivity index (χ1n) is 11.1. The monoisotopic (exact) mass is 424 g/mol. The van der Waals surface area contributed by atoms with E-state index in [1.807, 2.05) is 12.1 Å². The van der Waals surface area contributed by atoms with Crippen LogP contribution in [-0.4, -0.2) is 65.1 Å². The molecule has 0 aromatic heterocycles. The van der Waals surface area contributed by atoms with Crippen molar-refractivity contribution in [1.29, 1.82) is 0 Å². The highest BCUT2D eigenvalue weighted by Gasteiger charge is 2.46. The molecular weight excluding hydrogens is 396 g/mol. The smallest absolute Gasteiger partial charge is 0.262 e. The van der Waals surface area contributed by atoms with E-state index in [-0.39, 0.29) is 24.3 Å². The Hall–Kier alpha value is -2.58. The second-order valence-corrected chi connectivity index (χ2v) is 9.46. The summed E-state index contributed by atoms with van der Waals surface area (Å²) in [5.41, 5.74) is 1.63. The van der Waals surface area contributed by atoms with Crippen molar-refractivity contribution in [3.8, 4) is 0 Å². The van der Waals surface area contributed by atoms with E-state index in [2.05, 4.69) is 22.6 Å². The van der Waals surface area contributed by atoms with Crippen LogP contribution in [-0.2, 0) is 16.1 Å². The summed E-state index contributed by atoms with van der Waals surface area (Å²) >= 11 is 0. The number of rotatable bonds is 4. The highest BCUT2D eigenvalue weighted by Crippen LogP contribution is 2.40. The first-order chi connectivity index (χ1) is 14.9. The van der Waals surface area contributed by atoms with Gasteiger partial charge in [0.25, 0.3) is 11.8 Å². The fourth-order valence-electron chi connectivity index (χ4n) is 5.93. The van der Waals surface area contributed by atoms with Gasteiger partial charge in [0.15, 0.2) is 0 Å². The van der Waals surface area contributed by atoms with Gasteiger partial charge in [-0.05, 0) is 56.8 Å². The number of likely N-dealkylation sites (N-methyl/N-ethyl adjacent to an activating group) is 1. The van der Waals surface area contributed by atoms with Gasteiger partial charge < -0.3 is 5.32 Å². The first-order valence-corrected chi connectivity index (χ1v) is 11.1. The van der Waals surface area contributed by atoms with Gasteiger partial charge in [-0.3, -0.25) is 34.3 Å². The standard InChI is InChI=1S/C23H28N4O4/c1-26(23-9-3-4-14(10-23)11-24-13-23)12-15-5-2-6-16-19(15)22(31)27(21(16)30)17-7-8-18(28)25-20(17)29/h2,5-6,14,17,24H,3-4,7-13H2,1H3,(H,25,28,29). The predicted molar refractivity (Wildman–Crippen MR) is 112 cm³/mol. The zero-order chi connectivity index (χ0) is 21.8. The lowest BCUT2D eigenvalue weighted by molar-refractivity contribution is -0.136. The summed E-state index contributed by atoms with van der Waals surface area (Å²) in [5.74, 6) is -1.14. The third kappa shape index (κ3) is 3.29. The molecule has 1 aliphatic carbocycles. The number of fused-ring (bicyclic) bond motifs is 3. The molecule has 31 heavy (non-hydrogen) atoms. The molecule has 3 unspecified atom stereocenters. The summed E-state index contributed by atoms with van der Waals surface area (Å²) in [5, 5.41) is 5.83. The molecule has 3 aliphatic heterocycles. The van der Waals surface area contributed by atoms with Crippen LogP contribution in [0.2, 0.25) is 0 Å². The molecule has 5 rings (SSSR count). The number of imide groups is 2. The van der Waals surface area contributed by atoms with Gasteiger partial charge >= 0.3 is 0 Å². The number of benzene rings is 1. The van der Waals surface area contributed by atoms with Crippen molar-refractivity contribution in [3.05, 3.63) is 34.9 Å². The summed E-state index contributed by atoms with van der Waals surface area (Å²) < 4.78 is 0. The van der Waals surface area contributed by atoms with Crippen LogP contribution in [0.25, 0.3) is 0 Å². The molecule has 3 heterocycles. The maximum atomic E-state index is 13.3. The number of hydrogen-bond acceptors (Lipinski definition) is 6. The molecular formula is C23H28N4O4. The van der Waals surface area contributed by atoms with Gasteiger partial charge in [-0.1, -0.05) is 18.6 Å². The Labute approximate surface area is 181 Å². The Morgan fingerprint density at radius 1 is 1.16 bits per heavy atom. The summed E-state index contributed by atoms with van der Waals surface area (Å²) in [6, 6.07) is 4.43. The Bertz CT molecular complexity index is 964. The summed E-state index contributed by atoms with van der Waals surface area (Å²) in [6.45, 7) is 2.58. The molecule has 1 saturated carbocycles. The lowest BCUT2D eigenvalue weighted by atomic mass is 9.72. The summed E-state index contributed by atoms with van der Waals surface area (Å²) in [7, 11) is 2.11. The van der Waals surface area contributed by atoms with Gasteiger partial charge in [0.2, 0.25) is 11.8 Å². The molecule has 3 fully saturated rings.